The van der Waals surface area contributed by atoms with Crippen molar-refractivity contribution in [2.24, 2.45) is 15.4 Å². The van der Waals surface area contributed by atoms with Gasteiger partial charge in [0.2, 0.25) is 5.95 Å². The van der Waals surface area contributed by atoms with Crippen molar-refractivity contribution < 1.29 is 13.5 Å². The van der Waals surface area contributed by atoms with Crippen molar-refractivity contribution in [3.8, 4) is 0 Å². The van der Waals surface area contributed by atoms with Crippen molar-refractivity contribution in [3.63, 3.8) is 0 Å². The fraction of sp³-hybridized carbons (Fsp3) is 0.550. The van der Waals surface area contributed by atoms with Gasteiger partial charge >= 0.3 is 0 Å². The zero-order valence-corrected chi connectivity index (χ0v) is 15.8. The molecule has 7 heteroatoms. The van der Waals surface area contributed by atoms with Crippen LogP contribution in [0.1, 0.15) is 32.9 Å². The topological polar surface area (TPSA) is 50.1 Å². The molecule has 3 aliphatic rings. The van der Waals surface area contributed by atoms with Gasteiger partial charge in [-0.25, -0.2) is 14.4 Å². The first kappa shape index (κ1) is 18.2. The standard InChI is InChI=1S/C20H24F2N4O/c1-12(16-4-5-17-19(25-16)23-13(2)27-17)26-7-6-20(3,11-26)10-15-8-14(21)9-18(22)24-15/h4-5,8-9,12,17,19H,6-7,10-11H2,1-3H3/t12?,17?,19?,20-/m1/s1. The Morgan fingerprint density at radius 1 is 1.33 bits per heavy atom. The summed E-state index contributed by atoms with van der Waals surface area (Å²) < 4.78 is 32.5. The highest BCUT2D eigenvalue weighted by atomic mass is 19.1. The Kier molecular flexibility index (Phi) is 4.58. The molecule has 4 atom stereocenters. The Morgan fingerprint density at radius 2 is 2.15 bits per heavy atom. The molecule has 3 aliphatic heterocycles. The van der Waals surface area contributed by atoms with Crippen molar-refractivity contribution in [2.45, 2.75) is 51.9 Å². The molecule has 5 nitrogen and oxygen atoms in total. The Morgan fingerprint density at radius 3 is 2.93 bits per heavy atom. The summed E-state index contributed by atoms with van der Waals surface area (Å²) in [6.07, 6.45) is 5.28. The molecule has 0 aromatic carbocycles. The van der Waals surface area contributed by atoms with Gasteiger partial charge in [-0.2, -0.15) is 4.39 Å². The van der Waals surface area contributed by atoms with E-state index in [2.05, 4.69) is 28.7 Å². The molecule has 0 aliphatic carbocycles. The van der Waals surface area contributed by atoms with Crippen LogP contribution in [0.25, 0.3) is 0 Å². The van der Waals surface area contributed by atoms with Crippen LogP contribution in [-0.2, 0) is 11.2 Å². The van der Waals surface area contributed by atoms with Gasteiger partial charge in [0, 0.05) is 31.3 Å². The second-order valence-corrected chi connectivity index (χ2v) is 8.04. The molecule has 1 aromatic rings. The quantitative estimate of drug-likeness (QED) is 0.761. The van der Waals surface area contributed by atoms with E-state index in [9.17, 15) is 8.78 Å². The van der Waals surface area contributed by atoms with Gasteiger partial charge in [0.25, 0.3) is 0 Å². The first-order valence-corrected chi connectivity index (χ1v) is 9.34. The molecule has 0 spiro atoms. The van der Waals surface area contributed by atoms with Crippen LogP contribution in [-0.4, -0.2) is 52.9 Å². The van der Waals surface area contributed by atoms with E-state index in [1.807, 2.05) is 19.1 Å². The third-order valence-corrected chi connectivity index (χ3v) is 5.64. The average Bonchev–Trinajstić information content (AvgIpc) is 3.14. The van der Waals surface area contributed by atoms with Gasteiger partial charge in [0.15, 0.2) is 18.2 Å². The first-order chi connectivity index (χ1) is 12.8. The number of aromatic nitrogens is 1. The van der Waals surface area contributed by atoms with Crippen LogP contribution in [0.2, 0.25) is 0 Å². The molecule has 0 bridgehead atoms. The molecule has 4 heterocycles. The highest BCUT2D eigenvalue weighted by Crippen LogP contribution is 2.35. The smallest absolute Gasteiger partial charge is 0.215 e. The molecule has 0 amide bonds. The summed E-state index contributed by atoms with van der Waals surface area (Å²) in [5.41, 5.74) is 1.39. The Labute approximate surface area is 157 Å². The lowest BCUT2D eigenvalue weighted by molar-refractivity contribution is 0.236. The molecule has 1 aromatic heterocycles. The van der Waals surface area contributed by atoms with E-state index in [1.54, 1.807) is 0 Å². The van der Waals surface area contributed by atoms with E-state index in [4.69, 9.17) is 9.73 Å². The number of aliphatic imine (C=N–C) groups is 2. The highest BCUT2D eigenvalue weighted by molar-refractivity contribution is 6.00. The molecule has 3 unspecified atom stereocenters. The number of dihydropyridines is 1. The SMILES string of the molecule is CC1=NC2N=C(C(C)N3CC[C@](C)(Cc4cc(F)cc(F)n4)C3)C=CC2O1. The molecule has 0 N–H and O–H groups in total. The molecule has 1 fully saturated rings. The van der Waals surface area contributed by atoms with Crippen molar-refractivity contribution in [3.05, 3.63) is 41.7 Å². The molecule has 1 saturated heterocycles. The Hall–Kier alpha value is -2.15. The van der Waals surface area contributed by atoms with Gasteiger partial charge in [0.1, 0.15) is 5.82 Å². The van der Waals surface area contributed by atoms with E-state index in [1.165, 1.54) is 6.07 Å². The van der Waals surface area contributed by atoms with Crippen LogP contribution < -0.4 is 0 Å². The summed E-state index contributed by atoms with van der Waals surface area (Å²) in [5.74, 6) is -0.659. The second-order valence-electron chi connectivity index (χ2n) is 8.04. The Bertz CT molecular complexity index is 817. The lowest BCUT2D eigenvalue weighted by atomic mass is 9.84. The Balaban J connectivity index is 1.44. The zero-order valence-electron chi connectivity index (χ0n) is 15.8. The number of pyridine rings is 1. The van der Waals surface area contributed by atoms with Crippen molar-refractivity contribution in [1.29, 1.82) is 0 Å². The predicted octanol–water partition coefficient (Wildman–Crippen LogP) is 3.16. The maximum absolute atomic E-state index is 13.5. The fourth-order valence-corrected chi connectivity index (χ4v) is 4.19. The molecular formula is C20H24F2N4O. The number of halogens is 2. The summed E-state index contributed by atoms with van der Waals surface area (Å²) in [5, 5.41) is 0. The lowest BCUT2D eigenvalue weighted by Crippen LogP contribution is -2.40. The van der Waals surface area contributed by atoms with E-state index >= 15 is 0 Å². The second kappa shape index (κ2) is 6.78. The van der Waals surface area contributed by atoms with Crippen LogP contribution >= 0.6 is 0 Å². The molecule has 0 saturated carbocycles. The van der Waals surface area contributed by atoms with Crippen LogP contribution in [0, 0.1) is 17.2 Å². The van der Waals surface area contributed by atoms with E-state index in [-0.39, 0.29) is 23.7 Å². The van der Waals surface area contributed by atoms with Crippen LogP contribution in [0.15, 0.2) is 34.3 Å². The van der Waals surface area contributed by atoms with Crippen LogP contribution in [0.3, 0.4) is 0 Å². The summed E-state index contributed by atoms with van der Waals surface area (Å²) in [6.45, 7) is 7.88. The van der Waals surface area contributed by atoms with E-state index < -0.39 is 11.8 Å². The first-order valence-electron chi connectivity index (χ1n) is 9.34. The predicted molar refractivity (Wildman–Crippen MR) is 100.0 cm³/mol. The molecule has 27 heavy (non-hydrogen) atoms. The monoisotopic (exact) mass is 374 g/mol. The van der Waals surface area contributed by atoms with Crippen molar-refractivity contribution >= 4 is 11.6 Å². The third kappa shape index (κ3) is 3.78. The number of fused-ring (bicyclic) bond motifs is 1. The molecule has 0 radical (unpaired) electrons. The minimum Gasteiger partial charge on any atom is -0.469 e. The largest absolute Gasteiger partial charge is 0.469 e. The zero-order chi connectivity index (χ0) is 19.2. The molecule has 144 valence electrons. The van der Waals surface area contributed by atoms with Gasteiger partial charge in [-0.3, -0.25) is 9.89 Å². The van der Waals surface area contributed by atoms with Crippen LogP contribution in [0.4, 0.5) is 8.78 Å². The highest BCUT2D eigenvalue weighted by Gasteiger charge is 2.38. The number of rotatable bonds is 4. The number of hydrogen-bond acceptors (Lipinski definition) is 5. The fourth-order valence-electron chi connectivity index (χ4n) is 4.19. The normalized spacial score (nSPS) is 31.3. The molecular weight excluding hydrogens is 350 g/mol. The number of ether oxygens (including phenoxy) is 1. The van der Waals surface area contributed by atoms with E-state index in [0.717, 1.165) is 31.3 Å². The average molecular weight is 374 g/mol. The number of nitrogens with zero attached hydrogens (tertiary/aromatic N) is 4. The van der Waals surface area contributed by atoms with Gasteiger partial charge in [-0.15, -0.1) is 0 Å². The molecule has 4 rings (SSSR count). The summed E-state index contributed by atoms with van der Waals surface area (Å²) in [6, 6.07) is 2.29. The van der Waals surface area contributed by atoms with Crippen molar-refractivity contribution in [1.82, 2.24) is 9.88 Å². The number of hydrogen-bond donors (Lipinski definition) is 0. The lowest BCUT2D eigenvalue weighted by Gasteiger charge is -2.29. The van der Waals surface area contributed by atoms with E-state index in [0.29, 0.717) is 18.0 Å². The minimum atomic E-state index is -0.761. The third-order valence-electron chi connectivity index (χ3n) is 5.64. The minimum absolute atomic E-state index is 0.0752. The van der Waals surface area contributed by atoms with Crippen molar-refractivity contribution in [2.75, 3.05) is 13.1 Å². The summed E-state index contributed by atoms with van der Waals surface area (Å²) >= 11 is 0. The van der Waals surface area contributed by atoms with Crippen LogP contribution in [0.5, 0.6) is 0 Å². The summed E-state index contributed by atoms with van der Waals surface area (Å²) in [4.78, 5) is 15.4. The van der Waals surface area contributed by atoms with Gasteiger partial charge in [-0.05, 0) is 49.9 Å². The van der Waals surface area contributed by atoms with Gasteiger partial charge < -0.3 is 4.74 Å². The van der Waals surface area contributed by atoms with Gasteiger partial charge in [-0.1, -0.05) is 6.92 Å². The maximum Gasteiger partial charge on any atom is 0.215 e. The van der Waals surface area contributed by atoms with Gasteiger partial charge in [0.05, 0.1) is 5.71 Å². The maximum atomic E-state index is 13.5. The summed E-state index contributed by atoms with van der Waals surface area (Å²) in [7, 11) is 0. The number of likely N-dealkylation sites (tertiary alicyclic amines) is 1.